The third kappa shape index (κ3) is 4.19. The Labute approximate surface area is 166 Å². The van der Waals surface area contributed by atoms with Gasteiger partial charge in [0.25, 0.3) is 0 Å². The number of nitrogens with two attached hydrogens (primary N) is 1. The fourth-order valence-corrected chi connectivity index (χ4v) is 4.12. The molecule has 2 aliphatic rings. The molecule has 0 aliphatic carbocycles. The quantitative estimate of drug-likeness (QED) is 0.788. The number of anilines is 1. The van der Waals surface area contributed by atoms with Crippen molar-refractivity contribution in [3.63, 3.8) is 0 Å². The lowest BCUT2D eigenvalue weighted by Crippen LogP contribution is -2.48. The fraction of sp³-hybridized carbons (Fsp3) is 0.571. The van der Waals surface area contributed by atoms with Gasteiger partial charge in [0.05, 0.1) is 11.8 Å². The maximum absolute atomic E-state index is 13.1. The molecule has 0 radical (unpaired) electrons. The van der Waals surface area contributed by atoms with Gasteiger partial charge in [-0.25, -0.2) is 0 Å². The van der Waals surface area contributed by atoms with Gasteiger partial charge in [0.2, 0.25) is 17.7 Å². The lowest BCUT2D eigenvalue weighted by Gasteiger charge is -2.33. The van der Waals surface area contributed by atoms with E-state index in [1.54, 1.807) is 9.80 Å². The highest BCUT2D eigenvalue weighted by molar-refractivity contribution is 6.01. The van der Waals surface area contributed by atoms with Gasteiger partial charge in [-0.15, -0.1) is 0 Å². The van der Waals surface area contributed by atoms with E-state index >= 15 is 0 Å². The summed E-state index contributed by atoms with van der Waals surface area (Å²) in [7, 11) is 0. The standard InChI is InChI=1S/C21H30N4O3/c1-14-5-3-7-18(15(14)2)25-13-17(11-19(25)26)21(28)24-10-4-6-16(12-24)20(27)23-9-8-22/h3,5,7,16-17H,4,6,8-13,22H2,1-2H3,(H,23,27). The molecule has 0 spiro atoms. The molecule has 2 atom stereocenters. The zero-order valence-electron chi connectivity index (χ0n) is 16.7. The van der Waals surface area contributed by atoms with E-state index < -0.39 is 0 Å². The summed E-state index contributed by atoms with van der Waals surface area (Å²) in [6.07, 6.45) is 1.80. The molecule has 28 heavy (non-hydrogen) atoms. The van der Waals surface area contributed by atoms with Crippen LogP contribution < -0.4 is 16.0 Å². The maximum Gasteiger partial charge on any atom is 0.228 e. The molecule has 2 saturated heterocycles. The molecule has 3 N–H and O–H groups in total. The van der Waals surface area contributed by atoms with Crippen LogP contribution >= 0.6 is 0 Å². The van der Waals surface area contributed by atoms with Crippen molar-refractivity contribution in [1.29, 1.82) is 0 Å². The Hall–Kier alpha value is -2.41. The lowest BCUT2D eigenvalue weighted by atomic mass is 9.95. The van der Waals surface area contributed by atoms with Crippen LogP contribution in [0, 0.1) is 25.7 Å². The summed E-state index contributed by atoms with van der Waals surface area (Å²) in [6.45, 7) is 6.35. The van der Waals surface area contributed by atoms with E-state index in [1.807, 2.05) is 32.0 Å². The molecule has 0 aromatic heterocycles. The summed E-state index contributed by atoms with van der Waals surface area (Å²) in [6, 6.07) is 5.90. The highest BCUT2D eigenvalue weighted by Crippen LogP contribution is 2.31. The molecular weight excluding hydrogens is 356 g/mol. The van der Waals surface area contributed by atoms with Crippen LogP contribution in [0.1, 0.15) is 30.4 Å². The second-order valence-electron chi connectivity index (χ2n) is 7.83. The van der Waals surface area contributed by atoms with Crippen molar-refractivity contribution in [3.8, 4) is 0 Å². The van der Waals surface area contributed by atoms with E-state index in [0.717, 1.165) is 29.7 Å². The van der Waals surface area contributed by atoms with Gasteiger partial charge < -0.3 is 20.9 Å². The number of nitrogens with zero attached hydrogens (tertiary/aromatic N) is 2. The van der Waals surface area contributed by atoms with Gasteiger partial charge in [0.15, 0.2) is 0 Å². The Morgan fingerprint density at radius 2 is 2.00 bits per heavy atom. The van der Waals surface area contributed by atoms with E-state index in [9.17, 15) is 14.4 Å². The zero-order valence-corrected chi connectivity index (χ0v) is 16.7. The van der Waals surface area contributed by atoms with Crippen LogP contribution in [0.25, 0.3) is 0 Å². The van der Waals surface area contributed by atoms with Crippen LogP contribution in [0.15, 0.2) is 18.2 Å². The van der Waals surface area contributed by atoms with Gasteiger partial charge in [-0.1, -0.05) is 12.1 Å². The summed E-state index contributed by atoms with van der Waals surface area (Å²) >= 11 is 0. The van der Waals surface area contributed by atoms with Gasteiger partial charge >= 0.3 is 0 Å². The monoisotopic (exact) mass is 386 g/mol. The third-order valence-electron chi connectivity index (χ3n) is 5.89. The van der Waals surface area contributed by atoms with E-state index in [4.69, 9.17) is 5.73 Å². The van der Waals surface area contributed by atoms with Crippen LogP contribution in [0.2, 0.25) is 0 Å². The number of nitrogens with one attached hydrogen (secondary N) is 1. The van der Waals surface area contributed by atoms with Crippen LogP contribution in [0.3, 0.4) is 0 Å². The number of rotatable bonds is 5. The molecule has 3 amide bonds. The van der Waals surface area contributed by atoms with Gasteiger partial charge in [-0.3, -0.25) is 14.4 Å². The average molecular weight is 386 g/mol. The van der Waals surface area contributed by atoms with Crippen molar-refractivity contribution in [3.05, 3.63) is 29.3 Å². The van der Waals surface area contributed by atoms with Gasteiger partial charge in [0, 0.05) is 44.8 Å². The zero-order chi connectivity index (χ0) is 20.3. The Balaban J connectivity index is 1.65. The number of piperidine rings is 1. The minimum absolute atomic E-state index is 0.0127. The molecule has 2 fully saturated rings. The number of hydrogen-bond acceptors (Lipinski definition) is 4. The number of carbonyl (C=O) groups is 3. The minimum atomic E-state index is -0.349. The van der Waals surface area contributed by atoms with Crippen molar-refractivity contribution in [2.45, 2.75) is 33.1 Å². The maximum atomic E-state index is 13.1. The number of carbonyl (C=O) groups excluding carboxylic acids is 3. The van der Waals surface area contributed by atoms with Crippen molar-refractivity contribution in [1.82, 2.24) is 10.2 Å². The van der Waals surface area contributed by atoms with Crippen molar-refractivity contribution >= 4 is 23.4 Å². The Bertz CT molecular complexity index is 764. The first-order valence-corrected chi connectivity index (χ1v) is 10.1. The minimum Gasteiger partial charge on any atom is -0.355 e. The van der Waals surface area contributed by atoms with E-state index in [0.29, 0.717) is 32.7 Å². The molecular formula is C21H30N4O3. The number of likely N-dealkylation sites (tertiary alicyclic amines) is 1. The number of aryl methyl sites for hydroxylation is 1. The summed E-state index contributed by atoms with van der Waals surface area (Å²) < 4.78 is 0. The molecule has 3 rings (SSSR count). The first-order chi connectivity index (χ1) is 13.4. The molecule has 1 aromatic carbocycles. The van der Waals surface area contributed by atoms with E-state index in [1.165, 1.54) is 0 Å². The van der Waals surface area contributed by atoms with Crippen molar-refractivity contribution in [2.24, 2.45) is 17.6 Å². The molecule has 152 valence electrons. The Morgan fingerprint density at radius 1 is 1.21 bits per heavy atom. The normalized spacial score (nSPS) is 22.5. The Morgan fingerprint density at radius 3 is 2.75 bits per heavy atom. The van der Waals surface area contributed by atoms with Crippen molar-refractivity contribution in [2.75, 3.05) is 37.6 Å². The predicted molar refractivity (Wildman–Crippen MR) is 108 cm³/mol. The second kappa shape index (κ2) is 8.73. The predicted octanol–water partition coefficient (Wildman–Crippen LogP) is 0.970. The number of amides is 3. The highest BCUT2D eigenvalue weighted by Gasteiger charge is 2.39. The Kier molecular flexibility index (Phi) is 6.34. The SMILES string of the molecule is Cc1cccc(N2CC(C(=O)N3CCCC(C(=O)NCCN)C3)CC2=O)c1C. The van der Waals surface area contributed by atoms with Gasteiger partial charge in [-0.2, -0.15) is 0 Å². The molecule has 7 heteroatoms. The smallest absolute Gasteiger partial charge is 0.228 e. The average Bonchev–Trinajstić information content (AvgIpc) is 3.09. The summed E-state index contributed by atoms with van der Waals surface area (Å²) in [5.41, 5.74) is 8.53. The topological polar surface area (TPSA) is 95.7 Å². The van der Waals surface area contributed by atoms with E-state index in [2.05, 4.69) is 5.32 Å². The second-order valence-corrected chi connectivity index (χ2v) is 7.83. The molecule has 1 aromatic rings. The summed E-state index contributed by atoms with van der Waals surface area (Å²) in [4.78, 5) is 41.4. The molecule has 2 aliphatic heterocycles. The first kappa shape index (κ1) is 20.3. The number of hydrogen-bond donors (Lipinski definition) is 2. The molecule has 7 nitrogen and oxygen atoms in total. The third-order valence-corrected chi connectivity index (χ3v) is 5.89. The van der Waals surface area contributed by atoms with Crippen molar-refractivity contribution < 1.29 is 14.4 Å². The molecule has 0 bridgehead atoms. The largest absolute Gasteiger partial charge is 0.355 e. The van der Waals surface area contributed by atoms with Crippen LogP contribution in [-0.2, 0) is 14.4 Å². The highest BCUT2D eigenvalue weighted by atomic mass is 16.2. The lowest BCUT2D eigenvalue weighted by molar-refractivity contribution is -0.139. The molecule has 2 heterocycles. The number of benzene rings is 1. The van der Waals surface area contributed by atoms with Crippen LogP contribution in [0.5, 0.6) is 0 Å². The molecule has 2 unspecified atom stereocenters. The van der Waals surface area contributed by atoms with Crippen LogP contribution in [0.4, 0.5) is 5.69 Å². The van der Waals surface area contributed by atoms with Gasteiger partial charge in [-0.05, 0) is 43.9 Å². The molecule has 0 saturated carbocycles. The van der Waals surface area contributed by atoms with E-state index in [-0.39, 0.29) is 36.0 Å². The van der Waals surface area contributed by atoms with Crippen LogP contribution in [-0.4, -0.2) is 55.3 Å². The summed E-state index contributed by atoms with van der Waals surface area (Å²) in [5.74, 6) is -0.615. The fourth-order valence-electron chi connectivity index (χ4n) is 4.12. The van der Waals surface area contributed by atoms with Gasteiger partial charge in [0.1, 0.15) is 0 Å². The summed E-state index contributed by atoms with van der Waals surface area (Å²) in [5, 5.41) is 2.81. The first-order valence-electron chi connectivity index (χ1n) is 10.1.